The van der Waals surface area contributed by atoms with Crippen LogP contribution in [0.5, 0.6) is 0 Å². The van der Waals surface area contributed by atoms with Gasteiger partial charge < -0.3 is 0 Å². The van der Waals surface area contributed by atoms with Crippen molar-refractivity contribution in [2.24, 2.45) is 0 Å². The average molecular weight is 269 g/mol. The first-order chi connectivity index (χ1) is 9.20. The van der Waals surface area contributed by atoms with Gasteiger partial charge in [0.15, 0.2) is 0 Å². The van der Waals surface area contributed by atoms with E-state index in [0.717, 1.165) is 10.7 Å². The molecule has 3 nitrogen and oxygen atoms in total. The Bertz CT molecular complexity index is 733. The summed E-state index contributed by atoms with van der Waals surface area (Å²) in [5.41, 5.74) is 4.82. The third kappa shape index (κ3) is 1.87. The second kappa shape index (κ2) is 3.90. The van der Waals surface area contributed by atoms with Crippen LogP contribution in [0.15, 0.2) is 24.4 Å². The van der Waals surface area contributed by atoms with Gasteiger partial charge >= 0.3 is 0 Å². The molecular formula is C15H15N3S. The van der Waals surface area contributed by atoms with Gasteiger partial charge in [-0.15, -0.1) is 0 Å². The van der Waals surface area contributed by atoms with E-state index in [-0.39, 0.29) is 0 Å². The molecule has 4 heteroatoms. The van der Waals surface area contributed by atoms with E-state index in [1.807, 2.05) is 10.7 Å². The fraction of sp³-hybridized carbons (Fsp3) is 0.333. The predicted octanol–water partition coefficient (Wildman–Crippen LogP) is 3.95. The maximum Gasteiger partial charge on any atom is 0.212 e. The van der Waals surface area contributed by atoms with Gasteiger partial charge in [0.05, 0.1) is 11.9 Å². The first-order valence-electron chi connectivity index (χ1n) is 6.64. The molecule has 0 radical (unpaired) electrons. The summed E-state index contributed by atoms with van der Waals surface area (Å²) in [6.07, 6.45) is 4.63. The van der Waals surface area contributed by atoms with Crippen LogP contribution in [0.2, 0.25) is 0 Å². The molecule has 1 aliphatic rings. The quantitative estimate of drug-likeness (QED) is 0.705. The van der Waals surface area contributed by atoms with Crippen LogP contribution in [0.25, 0.3) is 16.2 Å². The van der Waals surface area contributed by atoms with Gasteiger partial charge in [0, 0.05) is 11.5 Å². The molecule has 1 fully saturated rings. The lowest BCUT2D eigenvalue weighted by Crippen LogP contribution is -1.85. The van der Waals surface area contributed by atoms with E-state index >= 15 is 0 Å². The van der Waals surface area contributed by atoms with Crippen LogP contribution in [-0.2, 0) is 0 Å². The maximum atomic E-state index is 4.70. The minimum absolute atomic E-state index is 0.705. The van der Waals surface area contributed by atoms with Gasteiger partial charge in [-0.25, -0.2) is 9.50 Å². The molecule has 0 saturated heterocycles. The van der Waals surface area contributed by atoms with Crippen molar-refractivity contribution in [3.63, 3.8) is 0 Å². The Morgan fingerprint density at radius 3 is 2.74 bits per heavy atom. The molecule has 0 amide bonds. The summed E-state index contributed by atoms with van der Waals surface area (Å²) in [5, 5.41) is 5.88. The number of nitrogens with zero attached hydrogens (tertiary/aromatic N) is 3. The Kier molecular flexibility index (Phi) is 2.30. The lowest BCUT2D eigenvalue weighted by molar-refractivity contribution is 0.905. The standard InChI is InChI=1S/C15H15N3S/c1-9-3-4-12(7-10(9)2)13-8-18-15(16-13)19-14(17-18)11-5-6-11/h3-4,7-8,11H,5-6H2,1-2H3. The Labute approximate surface area is 115 Å². The Balaban J connectivity index is 1.77. The number of fused-ring (bicyclic) bond motifs is 1. The van der Waals surface area contributed by atoms with Crippen molar-refractivity contribution < 1.29 is 0 Å². The molecule has 0 aliphatic heterocycles. The molecule has 1 aromatic carbocycles. The third-order valence-corrected chi connectivity index (χ3v) is 4.87. The summed E-state index contributed by atoms with van der Waals surface area (Å²) in [7, 11) is 0. The molecule has 0 unspecified atom stereocenters. The summed E-state index contributed by atoms with van der Waals surface area (Å²) in [6.45, 7) is 4.27. The monoisotopic (exact) mass is 269 g/mol. The number of benzene rings is 1. The van der Waals surface area contributed by atoms with Crippen molar-refractivity contribution in [1.82, 2.24) is 14.6 Å². The molecule has 19 heavy (non-hydrogen) atoms. The molecule has 0 bridgehead atoms. The fourth-order valence-corrected chi connectivity index (χ4v) is 3.30. The lowest BCUT2D eigenvalue weighted by atomic mass is 10.1. The molecule has 0 N–H and O–H groups in total. The first-order valence-corrected chi connectivity index (χ1v) is 7.46. The van der Waals surface area contributed by atoms with E-state index in [1.165, 1.54) is 34.5 Å². The van der Waals surface area contributed by atoms with Crippen LogP contribution >= 0.6 is 11.3 Å². The van der Waals surface area contributed by atoms with Crippen molar-refractivity contribution in [2.75, 3.05) is 0 Å². The van der Waals surface area contributed by atoms with Crippen molar-refractivity contribution in [3.8, 4) is 11.3 Å². The zero-order valence-electron chi connectivity index (χ0n) is 11.1. The molecule has 3 aromatic rings. The normalized spacial score (nSPS) is 15.3. The Morgan fingerprint density at radius 2 is 2.05 bits per heavy atom. The molecule has 4 rings (SSSR count). The third-order valence-electron chi connectivity index (χ3n) is 3.79. The highest BCUT2D eigenvalue weighted by Crippen LogP contribution is 2.42. The zero-order chi connectivity index (χ0) is 13.0. The van der Waals surface area contributed by atoms with Gasteiger partial charge in [0.25, 0.3) is 0 Å². The van der Waals surface area contributed by atoms with E-state index in [4.69, 9.17) is 4.98 Å². The van der Waals surface area contributed by atoms with Gasteiger partial charge in [-0.2, -0.15) is 5.10 Å². The average Bonchev–Trinajstić information content (AvgIpc) is 3.04. The fourth-order valence-electron chi connectivity index (χ4n) is 2.25. The van der Waals surface area contributed by atoms with E-state index in [9.17, 15) is 0 Å². The molecule has 1 aliphatic carbocycles. The maximum absolute atomic E-state index is 4.70. The van der Waals surface area contributed by atoms with Crippen molar-refractivity contribution in [1.29, 1.82) is 0 Å². The molecular weight excluding hydrogens is 254 g/mol. The number of imidazole rings is 1. The van der Waals surface area contributed by atoms with Crippen LogP contribution in [0.3, 0.4) is 0 Å². The smallest absolute Gasteiger partial charge is 0.212 e. The second-order valence-corrected chi connectivity index (χ2v) is 6.35. The van der Waals surface area contributed by atoms with E-state index in [2.05, 4.69) is 37.1 Å². The molecule has 1 saturated carbocycles. The zero-order valence-corrected chi connectivity index (χ0v) is 11.9. The summed E-state index contributed by atoms with van der Waals surface area (Å²) in [5.74, 6) is 0.705. The van der Waals surface area contributed by atoms with Gasteiger partial charge in [-0.3, -0.25) is 0 Å². The molecule has 0 atom stereocenters. The number of rotatable bonds is 2. The highest BCUT2D eigenvalue weighted by molar-refractivity contribution is 7.16. The SMILES string of the molecule is Cc1ccc(-c2cn3nc(C4CC4)sc3n2)cc1C. The van der Waals surface area contributed by atoms with Crippen LogP contribution in [-0.4, -0.2) is 14.6 Å². The van der Waals surface area contributed by atoms with Gasteiger partial charge in [-0.05, 0) is 43.9 Å². The molecule has 2 heterocycles. The van der Waals surface area contributed by atoms with Crippen LogP contribution in [0.4, 0.5) is 0 Å². The molecule has 2 aromatic heterocycles. The highest BCUT2D eigenvalue weighted by Gasteiger charge is 2.27. The summed E-state index contributed by atoms with van der Waals surface area (Å²) in [4.78, 5) is 5.71. The number of aryl methyl sites for hydroxylation is 2. The van der Waals surface area contributed by atoms with Crippen LogP contribution in [0.1, 0.15) is 34.9 Å². The predicted molar refractivity (Wildman–Crippen MR) is 77.7 cm³/mol. The minimum atomic E-state index is 0.705. The highest BCUT2D eigenvalue weighted by atomic mass is 32.1. The van der Waals surface area contributed by atoms with Gasteiger partial charge in [-0.1, -0.05) is 23.5 Å². The molecule has 0 spiro atoms. The van der Waals surface area contributed by atoms with Gasteiger partial charge in [0.1, 0.15) is 5.01 Å². The first kappa shape index (κ1) is 11.2. The van der Waals surface area contributed by atoms with Crippen molar-refractivity contribution >= 4 is 16.3 Å². The number of hydrogen-bond acceptors (Lipinski definition) is 3. The number of aromatic nitrogens is 3. The lowest BCUT2D eigenvalue weighted by Gasteiger charge is -2.01. The van der Waals surface area contributed by atoms with Crippen LogP contribution in [0, 0.1) is 13.8 Å². The minimum Gasteiger partial charge on any atom is -0.217 e. The van der Waals surface area contributed by atoms with Crippen molar-refractivity contribution in [2.45, 2.75) is 32.6 Å². The van der Waals surface area contributed by atoms with Crippen molar-refractivity contribution in [3.05, 3.63) is 40.5 Å². The largest absolute Gasteiger partial charge is 0.217 e. The summed E-state index contributed by atoms with van der Waals surface area (Å²) in [6, 6.07) is 6.49. The molecule has 96 valence electrons. The van der Waals surface area contributed by atoms with E-state index < -0.39 is 0 Å². The van der Waals surface area contributed by atoms with E-state index in [1.54, 1.807) is 11.3 Å². The Hall–Kier alpha value is -1.68. The van der Waals surface area contributed by atoms with E-state index in [0.29, 0.717) is 5.92 Å². The Morgan fingerprint density at radius 1 is 1.21 bits per heavy atom. The summed E-state index contributed by atoms with van der Waals surface area (Å²) < 4.78 is 1.93. The van der Waals surface area contributed by atoms with Gasteiger partial charge in [0.2, 0.25) is 4.96 Å². The second-order valence-electron chi connectivity index (χ2n) is 5.37. The number of hydrogen-bond donors (Lipinski definition) is 0. The van der Waals surface area contributed by atoms with Crippen LogP contribution < -0.4 is 0 Å². The summed E-state index contributed by atoms with van der Waals surface area (Å²) >= 11 is 1.73. The topological polar surface area (TPSA) is 30.2 Å².